The van der Waals surface area contributed by atoms with Crippen LogP contribution in [-0.4, -0.2) is 32.1 Å². The molecule has 0 spiro atoms. The first-order chi connectivity index (χ1) is 10.6. The van der Waals surface area contributed by atoms with E-state index in [0.29, 0.717) is 10.8 Å². The summed E-state index contributed by atoms with van der Waals surface area (Å²) in [6.07, 6.45) is 2.59. The fourth-order valence-electron chi connectivity index (χ4n) is 1.37. The van der Waals surface area contributed by atoms with E-state index in [0.717, 1.165) is 20.9 Å². The molecule has 1 N–H and O–H groups in total. The lowest BCUT2D eigenvalue weighted by Gasteiger charge is -2.09. The van der Waals surface area contributed by atoms with E-state index in [4.69, 9.17) is 11.6 Å². The lowest BCUT2D eigenvalue weighted by molar-refractivity contribution is -0.115. The number of aromatic nitrogens is 3. The Balaban J connectivity index is 1.87. The van der Waals surface area contributed by atoms with Crippen LogP contribution < -0.4 is 5.32 Å². The summed E-state index contributed by atoms with van der Waals surface area (Å²) in [6.45, 7) is 3.96. The molecule has 5 nitrogen and oxygen atoms in total. The van der Waals surface area contributed by atoms with E-state index >= 15 is 0 Å². The number of thioether (sulfide) groups is 2. The summed E-state index contributed by atoms with van der Waals surface area (Å²) in [4.78, 5) is 16.2. The molecule has 0 aliphatic rings. The second-order valence-electron chi connectivity index (χ2n) is 4.29. The molecule has 0 saturated carbocycles. The molecular weight excluding hydrogens is 360 g/mol. The number of hydrogen-bond acceptors (Lipinski definition) is 7. The molecule has 0 unspecified atom stereocenters. The molecule has 2 aromatic heterocycles. The summed E-state index contributed by atoms with van der Waals surface area (Å²) in [7, 11) is 0. The molecule has 0 aliphatic heterocycles. The second-order valence-corrected chi connectivity index (χ2v) is 8.64. The van der Waals surface area contributed by atoms with Gasteiger partial charge in [-0.25, -0.2) is 4.98 Å². The SMILES string of the molecule is CCCSc1nnc(S[C@H](C)C(=O)Nc2ccc(Cl)cn2)s1. The summed E-state index contributed by atoms with van der Waals surface area (Å²) >= 11 is 10.4. The number of carbonyl (C=O) groups excluding carboxylic acids is 1. The van der Waals surface area contributed by atoms with Crippen LogP contribution in [0.5, 0.6) is 0 Å². The van der Waals surface area contributed by atoms with Crippen LogP contribution >= 0.6 is 46.5 Å². The Morgan fingerprint density at radius 1 is 1.41 bits per heavy atom. The van der Waals surface area contributed by atoms with Crippen LogP contribution in [-0.2, 0) is 4.79 Å². The third kappa shape index (κ3) is 5.42. The first-order valence-corrected chi connectivity index (χ1v) is 9.70. The van der Waals surface area contributed by atoms with Crippen LogP contribution in [0.1, 0.15) is 20.3 Å². The standard InChI is InChI=1S/C13H15ClN4OS3/c1-3-6-20-12-17-18-13(22-12)21-8(2)11(19)16-10-5-4-9(14)7-15-10/h4-5,7-8H,3,6H2,1-2H3,(H,15,16,19)/t8-/m1/s1. The van der Waals surface area contributed by atoms with Gasteiger partial charge in [0, 0.05) is 11.9 Å². The van der Waals surface area contributed by atoms with E-state index in [1.165, 1.54) is 29.3 Å². The van der Waals surface area contributed by atoms with Gasteiger partial charge in [0.15, 0.2) is 8.68 Å². The number of nitrogens with zero attached hydrogens (tertiary/aromatic N) is 3. The van der Waals surface area contributed by atoms with Gasteiger partial charge >= 0.3 is 0 Å². The fraction of sp³-hybridized carbons (Fsp3) is 0.385. The van der Waals surface area contributed by atoms with Crippen molar-refractivity contribution in [3.05, 3.63) is 23.4 Å². The maximum Gasteiger partial charge on any atom is 0.238 e. The third-order valence-corrected chi connectivity index (χ3v) is 6.11. The summed E-state index contributed by atoms with van der Waals surface area (Å²) in [6, 6.07) is 3.35. The summed E-state index contributed by atoms with van der Waals surface area (Å²) in [5, 5.41) is 11.2. The number of carbonyl (C=O) groups is 1. The fourth-order valence-corrected chi connectivity index (χ4v) is 4.58. The van der Waals surface area contributed by atoms with Crippen LogP contribution in [0.25, 0.3) is 0 Å². The number of nitrogens with one attached hydrogen (secondary N) is 1. The second kappa shape index (κ2) is 8.71. The van der Waals surface area contributed by atoms with Crippen molar-refractivity contribution in [2.24, 2.45) is 0 Å². The highest BCUT2D eigenvalue weighted by atomic mass is 35.5. The molecular formula is C13H15ClN4OS3. The molecule has 0 aliphatic carbocycles. The normalized spacial score (nSPS) is 12.1. The third-order valence-electron chi connectivity index (χ3n) is 2.44. The Labute approximate surface area is 146 Å². The van der Waals surface area contributed by atoms with Crippen molar-refractivity contribution in [1.29, 1.82) is 0 Å². The van der Waals surface area contributed by atoms with Gasteiger partial charge in [0.2, 0.25) is 5.91 Å². The van der Waals surface area contributed by atoms with Crippen molar-refractivity contribution in [1.82, 2.24) is 15.2 Å². The average molecular weight is 375 g/mol. The van der Waals surface area contributed by atoms with Crippen molar-refractivity contribution in [3.8, 4) is 0 Å². The molecule has 0 radical (unpaired) electrons. The number of hydrogen-bond donors (Lipinski definition) is 1. The van der Waals surface area contributed by atoms with Crippen molar-refractivity contribution < 1.29 is 4.79 Å². The molecule has 2 aromatic rings. The number of anilines is 1. The number of amides is 1. The van der Waals surface area contributed by atoms with Gasteiger partial charge in [-0.3, -0.25) is 4.79 Å². The Morgan fingerprint density at radius 3 is 2.86 bits per heavy atom. The lowest BCUT2D eigenvalue weighted by atomic mass is 10.4. The minimum Gasteiger partial charge on any atom is -0.310 e. The zero-order chi connectivity index (χ0) is 15.9. The zero-order valence-corrected chi connectivity index (χ0v) is 15.3. The minimum atomic E-state index is -0.283. The lowest BCUT2D eigenvalue weighted by Crippen LogP contribution is -2.22. The van der Waals surface area contributed by atoms with Gasteiger partial charge in [0.1, 0.15) is 5.82 Å². The first-order valence-electron chi connectivity index (χ1n) is 6.64. The minimum absolute atomic E-state index is 0.127. The largest absolute Gasteiger partial charge is 0.310 e. The molecule has 0 bridgehead atoms. The van der Waals surface area contributed by atoms with Crippen LogP contribution in [0.15, 0.2) is 27.0 Å². The Morgan fingerprint density at radius 2 is 2.18 bits per heavy atom. The van der Waals surface area contributed by atoms with Gasteiger partial charge in [-0.2, -0.15) is 0 Å². The van der Waals surface area contributed by atoms with Gasteiger partial charge in [-0.05, 0) is 25.5 Å². The predicted octanol–water partition coefficient (Wildman–Crippen LogP) is 4.21. The van der Waals surface area contributed by atoms with Crippen LogP contribution in [0.3, 0.4) is 0 Å². The first kappa shape index (κ1) is 17.5. The molecule has 22 heavy (non-hydrogen) atoms. The van der Waals surface area contributed by atoms with Crippen LogP contribution in [0, 0.1) is 0 Å². The molecule has 0 fully saturated rings. The Hall–Kier alpha value is -0.830. The summed E-state index contributed by atoms with van der Waals surface area (Å²) < 4.78 is 1.74. The van der Waals surface area contributed by atoms with Crippen molar-refractivity contribution in [2.45, 2.75) is 34.2 Å². The van der Waals surface area contributed by atoms with E-state index in [2.05, 4.69) is 27.4 Å². The van der Waals surface area contributed by atoms with Gasteiger partial charge in [0.25, 0.3) is 0 Å². The van der Waals surface area contributed by atoms with Gasteiger partial charge < -0.3 is 5.32 Å². The van der Waals surface area contributed by atoms with E-state index in [1.54, 1.807) is 23.9 Å². The number of rotatable bonds is 7. The Bertz CT molecular complexity index is 620. The van der Waals surface area contributed by atoms with Crippen molar-refractivity contribution >= 4 is 58.2 Å². The molecule has 2 heterocycles. The van der Waals surface area contributed by atoms with E-state index in [-0.39, 0.29) is 11.2 Å². The quantitative estimate of drug-likeness (QED) is 0.732. The van der Waals surface area contributed by atoms with E-state index in [1.807, 2.05) is 6.92 Å². The van der Waals surface area contributed by atoms with E-state index < -0.39 is 0 Å². The molecule has 0 aromatic carbocycles. The highest BCUT2D eigenvalue weighted by molar-refractivity contribution is 8.03. The van der Waals surface area contributed by atoms with Gasteiger partial charge in [-0.1, -0.05) is 53.4 Å². The number of halogens is 1. The maximum atomic E-state index is 12.1. The summed E-state index contributed by atoms with van der Waals surface area (Å²) in [5.41, 5.74) is 0. The molecule has 1 amide bonds. The molecule has 118 valence electrons. The molecule has 2 rings (SSSR count). The topological polar surface area (TPSA) is 67.8 Å². The molecule has 0 saturated heterocycles. The summed E-state index contributed by atoms with van der Waals surface area (Å²) in [5.74, 6) is 1.38. The van der Waals surface area contributed by atoms with E-state index in [9.17, 15) is 4.79 Å². The number of pyridine rings is 1. The zero-order valence-electron chi connectivity index (χ0n) is 12.1. The highest BCUT2D eigenvalue weighted by Gasteiger charge is 2.17. The van der Waals surface area contributed by atoms with Crippen molar-refractivity contribution in [2.75, 3.05) is 11.1 Å². The smallest absolute Gasteiger partial charge is 0.238 e. The Kier molecular flexibility index (Phi) is 6.94. The van der Waals surface area contributed by atoms with Crippen LogP contribution in [0.4, 0.5) is 5.82 Å². The monoisotopic (exact) mass is 374 g/mol. The van der Waals surface area contributed by atoms with Gasteiger partial charge in [0.05, 0.1) is 10.3 Å². The average Bonchev–Trinajstić information content (AvgIpc) is 2.95. The van der Waals surface area contributed by atoms with Crippen LogP contribution in [0.2, 0.25) is 5.02 Å². The maximum absolute atomic E-state index is 12.1. The van der Waals surface area contributed by atoms with Crippen molar-refractivity contribution in [3.63, 3.8) is 0 Å². The van der Waals surface area contributed by atoms with Gasteiger partial charge in [-0.15, -0.1) is 10.2 Å². The molecule has 9 heteroatoms. The molecule has 1 atom stereocenters. The highest BCUT2D eigenvalue weighted by Crippen LogP contribution is 2.31. The predicted molar refractivity (Wildman–Crippen MR) is 94.1 cm³/mol.